The van der Waals surface area contributed by atoms with Gasteiger partial charge in [0.1, 0.15) is 22.8 Å². The molecule has 16 heteroatoms. The summed E-state index contributed by atoms with van der Waals surface area (Å²) in [5, 5.41) is 35.8. The zero-order chi connectivity index (χ0) is 63.3. The van der Waals surface area contributed by atoms with Crippen molar-refractivity contribution in [3.8, 4) is 112 Å². The van der Waals surface area contributed by atoms with Gasteiger partial charge in [0.2, 0.25) is 0 Å². The van der Waals surface area contributed by atoms with Crippen molar-refractivity contribution < 1.29 is 24.4 Å². The molecule has 8 bridgehead atoms. The van der Waals surface area contributed by atoms with Crippen molar-refractivity contribution in [3.63, 3.8) is 0 Å². The van der Waals surface area contributed by atoms with Crippen molar-refractivity contribution >= 4 is 52.1 Å². The minimum atomic E-state index is -0.362. The summed E-state index contributed by atoms with van der Waals surface area (Å²) in [7, 11) is 0. The molecule has 0 unspecified atom stereocenters. The number of nitrogens with zero attached hydrogens (tertiary/aromatic N) is 13. The molecular weight excluding hydrogens is 1240 g/mol. The fraction of sp³-hybridized carbons (Fsp3) is 0. The van der Waals surface area contributed by atoms with Gasteiger partial charge in [-0.2, -0.15) is 20.4 Å². The molecule has 2 aliphatic heterocycles. The molecule has 2 aliphatic rings. The van der Waals surface area contributed by atoms with Crippen LogP contribution in [0.3, 0.4) is 0 Å². The molecule has 8 aromatic carbocycles. The van der Waals surface area contributed by atoms with Gasteiger partial charge in [0.15, 0.2) is 0 Å². The number of benzene rings is 8. The minimum absolute atomic E-state index is 0. The van der Waals surface area contributed by atoms with E-state index >= 15 is 0 Å². The molecule has 450 valence electrons. The predicted molar refractivity (Wildman–Crippen MR) is 375 cm³/mol. The van der Waals surface area contributed by atoms with E-state index in [1.807, 2.05) is 306 Å². The Labute approximate surface area is 562 Å². The largest absolute Gasteiger partial charge is 2.00 e. The fourth-order valence-corrected chi connectivity index (χ4v) is 12.7. The molecule has 0 aliphatic carbocycles. The Kier molecular flexibility index (Phi) is 15.0. The Hall–Kier alpha value is -12.8. The van der Waals surface area contributed by atoms with E-state index in [-0.39, 0.29) is 41.1 Å². The molecule has 0 saturated heterocycles. The maximum absolute atomic E-state index is 14.4. The van der Waals surface area contributed by atoms with Crippen molar-refractivity contribution in [2.45, 2.75) is 0 Å². The zero-order valence-electron chi connectivity index (χ0n) is 51.3. The summed E-state index contributed by atoms with van der Waals surface area (Å²) >= 11 is 0. The monoisotopic (exact) mass is 1290 g/mol. The molecule has 0 saturated carbocycles. The average molecular weight is 1290 g/mol. The number of para-hydroxylation sites is 4. The maximum Gasteiger partial charge on any atom is 2.00 e. The van der Waals surface area contributed by atoms with Gasteiger partial charge in [-0.05, 0) is 95.0 Å². The van der Waals surface area contributed by atoms with Gasteiger partial charge in [0, 0.05) is 80.9 Å². The first-order chi connectivity index (χ1) is 46.9. The van der Waals surface area contributed by atoms with E-state index in [0.717, 1.165) is 56.1 Å². The molecule has 0 spiro atoms. The Bertz CT molecular complexity index is 5660. The van der Waals surface area contributed by atoms with Crippen LogP contribution in [-0.4, -0.2) is 54.0 Å². The summed E-state index contributed by atoms with van der Waals surface area (Å²) in [6.45, 7) is 0. The van der Waals surface area contributed by atoms with Gasteiger partial charge in [-0.15, -0.1) is 16.6 Å². The number of rotatable bonds is 13. The van der Waals surface area contributed by atoms with Crippen LogP contribution in [0, 0.1) is 10.1 Å². The Balaban J connectivity index is 0.00000725. The van der Waals surface area contributed by atoms with Crippen LogP contribution >= 0.6 is 0 Å². The predicted octanol–water partition coefficient (Wildman–Crippen LogP) is 17.9. The van der Waals surface area contributed by atoms with Gasteiger partial charge < -0.3 is 9.97 Å². The Morgan fingerprint density at radius 1 is 0.312 bits per heavy atom. The topological polar surface area (TPSA) is 168 Å². The van der Waals surface area contributed by atoms with Crippen molar-refractivity contribution in [2.24, 2.45) is 0 Å². The fourth-order valence-electron chi connectivity index (χ4n) is 12.7. The Morgan fingerprint density at radius 3 is 0.865 bits per heavy atom. The smallest absolute Gasteiger partial charge is 0.657 e. The summed E-state index contributed by atoms with van der Waals surface area (Å²) < 4.78 is 7.42. The molecule has 96 heavy (non-hydrogen) atoms. The summed E-state index contributed by atoms with van der Waals surface area (Å²) in [6.07, 6.45) is 15.8. The van der Waals surface area contributed by atoms with Crippen LogP contribution in [0.1, 0.15) is 22.8 Å². The molecule has 9 heterocycles. The van der Waals surface area contributed by atoms with E-state index in [2.05, 4.69) is 12.1 Å². The van der Waals surface area contributed by atoms with Crippen LogP contribution in [0.5, 0.6) is 0 Å². The molecule has 0 N–H and O–H groups in total. The summed E-state index contributed by atoms with van der Waals surface area (Å²) in [5.74, 6) is 0. The van der Waals surface area contributed by atoms with E-state index in [1.165, 1.54) is 0 Å². The van der Waals surface area contributed by atoms with Crippen molar-refractivity contribution in [1.82, 2.24) is 59.1 Å². The molecule has 15 aromatic rings. The van der Waals surface area contributed by atoms with Crippen LogP contribution in [0.4, 0.5) is 5.69 Å². The minimum Gasteiger partial charge on any atom is -0.657 e. The molecule has 0 radical (unpaired) electrons. The number of nitro groups is 1. The first-order valence-corrected chi connectivity index (χ1v) is 31.0. The third-order valence-corrected chi connectivity index (χ3v) is 17.1. The first kappa shape index (κ1) is 58.3. The number of aromatic nitrogens is 12. The Morgan fingerprint density at radius 2 is 0.573 bits per heavy atom. The van der Waals surface area contributed by atoms with Crippen LogP contribution in [0.15, 0.2) is 286 Å². The third-order valence-electron chi connectivity index (χ3n) is 17.1. The van der Waals surface area contributed by atoms with Crippen molar-refractivity contribution in [2.75, 3.05) is 0 Å². The zero-order valence-corrected chi connectivity index (χ0v) is 54.2. The van der Waals surface area contributed by atoms with Gasteiger partial charge in [0.05, 0.1) is 50.4 Å². The third kappa shape index (κ3) is 10.6. The normalized spacial score (nSPS) is 11.7. The molecular formula is C80H51N13O2Zn. The van der Waals surface area contributed by atoms with Crippen LogP contribution in [-0.2, 0) is 19.5 Å². The second-order valence-corrected chi connectivity index (χ2v) is 22.9. The number of hydrogen-bond acceptors (Lipinski definition) is 8. The molecule has 0 atom stereocenters. The van der Waals surface area contributed by atoms with E-state index in [0.29, 0.717) is 90.0 Å². The second kappa shape index (κ2) is 24.7. The van der Waals surface area contributed by atoms with Crippen molar-refractivity contribution in [1.29, 1.82) is 0 Å². The maximum atomic E-state index is 14.4. The van der Waals surface area contributed by atoms with Crippen LogP contribution < -0.4 is 9.97 Å². The quantitative estimate of drug-likeness (QED) is 0.0615. The molecule has 15 nitrogen and oxygen atoms in total. The van der Waals surface area contributed by atoms with Gasteiger partial charge in [-0.25, -0.2) is 28.7 Å². The van der Waals surface area contributed by atoms with E-state index in [9.17, 15) is 10.1 Å². The summed E-state index contributed by atoms with van der Waals surface area (Å²) in [4.78, 5) is 36.8. The van der Waals surface area contributed by atoms with E-state index < -0.39 is 0 Å². The summed E-state index contributed by atoms with van der Waals surface area (Å²) in [6, 6.07) is 85.3. The SMILES string of the molecule is O=[N+]([O-])c1cc2[n-]c1c(-c1cn(-c3ccccc3)nc1-c1ccccc1)c1nc(c(-c3cn(-c4ccccc4)nc3-c3ccccc3)c3ccc([n-]3)c(-c3cn(-c4ccccc4)nc3-c3ccccc3)c3nc(c2-c2cn(-c4ccccc4)nc2-c2ccccc2)C=C3)C=C1.[Zn+2]. The molecule has 17 rings (SSSR count). The first-order valence-electron chi connectivity index (χ1n) is 31.0. The number of hydrogen-bond donors (Lipinski definition) is 0. The van der Waals surface area contributed by atoms with Gasteiger partial charge in [-0.1, -0.05) is 206 Å². The summed E-state index contributed by atoms with van der Waals surface area (Å²) in [5.41, 5.74) is 17.3. The molecule has 0 amide bonds. The van der Waals surface area contributed by atoms with Crippen LogP contribution in [0.2, 0.25) is 0 Å². The molecule has 0 fully saturated rings. The van der Waals surface area contributed by atoms with E-state index in [1.54, 1.807) is 10.7 Å². The van der Waals surface area contributed by atoms with Crippen LogP contribution in [0.25, 0.3) is 159 Å². The molecule has 7 aromatic heterocycles. The van der Waals surface area contributed by atoms with Gasteiger partial charge in [-0.3, -0.25) is 10.1 Å². The second-order valence-electron chi connectivity index (χ2n) is 22.9. The van der Waals surface area contributed by atoms with Crippen molar-refractivity contribution in [3.05, 3.63) is 319 Å². The van der Waals surface area contributed by atoms with Gasteiger partial charge >= 0.3 is 19.5 Å². The standard InChI is InChI=1S/C80H51N13O2.Zn/c94-93(95)71-47-70-74(62-50-91(58-37-21-7-22-38-58)87-78(62)54-29-13-3-14-30-54)68-44-43-66(82-68)72(60-48-89(56-33-17-5-18-34-56)85-76(60)52-25-9-1-10-26-52)64-41-42-65(81-64)73(61-49-90(57-35-19-6-20-36-57)86-77(61)53-27-11-2-12-28-53)67-45-46-69(83-67)75(80(71)84-70)63-51-92(59-39-23-8-24-40-59)88-79(63)55-31-15-4-16-32-55;/h1-51H;/q-2;+2. The average Bonchev–Trinajstić information content (AvgIpc) is 1.59. The van der Waals surface area contributed by atoms with E-state index in [4.69, 9.17) is 40.3 Å². The van der Waals surface area contributed by atoms with Gasteiger partial charge in [0.25, 0.3) is 5.69 Å². The number of fused-ring (bicyclic) bond motifs is 8.